The van der Waals surface area contributed by atoms with Crippen molar-refractivity contribution < 1.29 is 13.9 Å². The smallest absolute Gasteiger partial charge is 0.191 e. The molecule has 1 atom stereocenters. The van der Waals surface area contributed by atoms with Crippen molar-refractivity contribution in [2.75, 3.05) is 26.2 Å². The molecule has 6 nitrogen and oxygen atoms in total. The number of hydrogen-bond acceptors (Lipinski definition) is 4. The summed E-state index contributed by atoms with van der Waals surface area (Å²) >= 11 is 0. The molecule has 0 aromatic carbocycles. The number of furan rings is 1. The molecule has 1 aliphatic heterocycles. The van der Waals surface area contributed by atoms with E-state index in [1.807, 2.05) is 12.1 Å². The molecular formula is C19H31N3O3. The fourth-order valence-corrected chi connectivity index (χ4v) is 3.53. The first-order valence-electron chi connectivity index (χ1n) is 9.66. The van der Waals surface area contributed by atoms with Crippen molar-refractivity contribution >= 4 is 5.96 Å². The van der Waals surface area contributed by atoms with Crippen LogP contribution in [0.25, 0.3) is 0 Å². The predicted molar refractivity (Wildman–Crippen MR) is 97.7 cm³/mol. The van der Waals surface area contributed by atoms with Crippen molar-refractivity contribution in [2.24, 2.45) is 4.99 Å². The van der Waals surface area contributed by atoms with Gasteiger partial charge in [0.1, 0.15) is 11.9 Å². The third kappa shape index (κ3) is 5.47. The number of rotatable bonds is 6. The predicted octanol–water partition coefficient (Wildman–Crippen LogP) is 2.84. The summed E-state index contributed by atoms with van der Waals surface area (Å²) in [5.41, 5.74) is 0. The molecule has 2 aliphatic rings. The van der Waals surface area contributed by atoms with E-state index in [1.165, 1.54) is 25.7 Å². The zero-order chi connectivity index (χ0) is 17.4. The monoisotopic (exact) mass is 349 g/mol. The number of ether oxygens (including phenoxy) is 2. The van der Waals surface area contributed by atoms with Gasteiger partial charge in [0, 0.05) is 32.4 Å². The van der Waals surface area contributed by atoms with Gasteiger partial charge in [0.05, 0.1) is 19.4 Å². The lowest BCUT2D eigenvalue weighted by Gasteiger charge is -2.26. The number of guanidine groups is 1. The van der Waals surface area contributed by atoms with Gasteiger partial charge in [-0.2, -0.15) is 0 Å². The van der Waals surface area contributed by atoms with Crippen LogP contribution in [0.5, 0.6) is 0 Å². The van der Waals surface area contributed by atoms with Crippen LogP contribution in [0.3, 0.4) is 0 Å². The fraction of sp³-hybridized carbons (Fsp3) is 0.737. The summed E-state index contributed by atoms with van der Waals surface area (Å²) < 4.78 is 17.7. The summed E-state index contributed by atoms with van der Waals surface area (Å²) in [6.07, 6.45) is 9.63. The minimum Gasteiger partial charge on any atom is -0.469 e. The average molecular weight is 349 g/mol. The first-order valence-corrected chi connectivity index (χ1v) is 9.66. The van der Waals surface area contributed by atoms with Gasteiger partial charge in [0.2, 0.25) is 0 Å². The molecule has 1 saturated carbocycles. The minimum absolute atomic E-state index is 0.0543. The van der Waals surface area contributed by atoms with E-state index in [-0.39, 0.29) is 11.9 Å². The van der Waals surface area contributed by atoms with Gasteiger partial charge in [-0.15, -0.1) is 0 Å². The molecule has 2 fully saturated rings. The van der Waals surface area contributed by atoms with Crippen molar-refractivity contribution in [1.29, 1.82) is 0 Å². The van der Waals surface area contributed by atoms with Crippen molar-refractivity contribution in [3.63, 3.8) is 0 Å². The van der Waals surface area contributed by atoms with Crippen molar-refractivity contribution in [3.05, 3.63) is 24.2 Å². The van der Waals surface area contributed by atoms with Crippen LogP contribution in [0, 0.1) is 0 Å². The van der Waals surface area contributed by atoms with Crippen LogP contribution in [-0.4, -0.2) is 44.1 Å². The summed E-state index contributed by atoms with van der Waals surface area (Å²) in [7, 11) is 0. The molecule has 3 rings (SSSR count). The van der Waals surface area contributed by atoms with Gasteiger partial charge in [-0.3, -0.25) is 4.99 Å². The lowest BCUT2D eigenvalue weighted by molar-refractivity contribution is -0.174. The Labute approximate surface area is 150 Å². The highest BCUT2D eigenvalue weighted by molar-refractivity contribution is 5.79. The van der Waals surface area contributed by atoms with Crippen LogP contribution < -0.4 is 10.6 Å². The number of hydrogen-bond donors (Lipinski definition) is 2. The molecular weight excluding hydrogens is 318 g/mol. The van der Waals surface area contributed by atoms with Crippen molar-refractivity contribution in [1.82, 2.24) is 10.6 Å². The van der Waals surface area contributed by atoms with Gasteiger partial charge < -0.3 is 24.5 Å². The maximum Gasteiger partial charge on any atom is 0.191 e. The van der Waals surface area contributed by atoms with Crippen LogP contribution in [-0.2, 0) is 15.9 Å². The van der Waals surface area contributed by atoms with Gasteiger partial charge in [0.25, 0.3) is 0 Å². The second kappa shape index (κ2) is 9.25. The highest BCUT2D eigenvalue weighted by Gasteiger charge is 2.41. The SMILES string of the molecule is CCNC(=NCC1COC2(CCCCCC2)O1)NCCc1ccco1. The summed E-state index contributed by atoms with van der Waals surface area (Å²) in [4.78, 5) is 4.67. The highest BCUT2D eigenvalue weighted by atomic mass is 16.7. The summed E-state index contributed by atoms with van der Waals surface area (Å²) in [6.45, 7) is 4.95. The molecule has 1 aromatic rings. The van der Waals surface area contributed by atoms with E-state index < -0.39 is 0 Å². The number of nitrogens with zero attached hydrogens (tertiary/aromatic N) is 1. The Morgan fingerprint density at radius 1 is 1.24 bits per heavy atom. The van der Waals surface area contributed by atoms with Gasteiger partial charge >= 0.3 is 0 Å². The Balaban J connectivity index is 1.46. The molecule has 1 unspecified atom stereocenters. The van der Waals surface area contributed by atoms with E-state index in [0.29, 0.717) is 13.2 Å². The van der Waals surface area contributed by atoms with Gasteiger partial charge in [0.15, 0.2) is 11.7 Å². The molecule has 1 aromatic heterocycles. The Morgan fingerprint density at radius 3 is 2.80 bits per heavy atom. The molecule has 0 amide bonds. The van der Waals surface area contributed by atoms with E-state index >= 15 is 0 Å². The first kappa shape index (κ1) is 18.3. The number of nitrogens with one attached hydrogen (secondary N) is 2. The molecule has 2 N–H and O–H groups in total. The molecule has 140 valence electrons. The standard InChI is InChI=1S/C19H31N3O3/c1-2-20-18(21-12-9-16-8-7-13-23-16)22-14-17-15-24-19(25-17)10-5-3-4-6-11-19/h7-8,13,17H,2-6,9-12,14-15H2,1H3,(H2,20,21,22). The average Bonchev–Trinajstić information content (AvgIpc) is 3.20. The van der Waals surface area contributed by atoms with Crippen LogP contribution in [0.15, 0.2) is 27.8 Å². The second-order valence-corrected chi connectivity index (χ2v) is 6.85. The Kier molecular flexibility index (Phi) is 6.76. The summed E-state index contributed by atoms with van der Waals surface area (Å²) in [6, 6.07) is 3.90. The van der Waals surface area contributed by atoms with Gasteiger partial charge in [-0.25, -0.2) is 0 Å². The quantitative estimate of drug-likeness (QED) is 0.611. The molecule has 1 saturated heterocycles. The van der Waals surface area contributed by atoms with Gasteiger partial charge in [-0.1, -0.05) is 12.8 Å². The normalized spacial score (nSPS) is 23.6. The van der Waals surface area contributed by atoms with Crippen LogP contribution in [0.2, 0.25) is 0 Å². The lowest BCUT2D eigenvalue weighted by Crippen LogP contribution is -2.39. The van der Waals surface area contributed by atoms with Crippen LogP contribution >= 0.6 is 0 Å². The Hall–Kier alpha value is -1.53. The van der Waals surface area contributed by atoms with Crippen LogP contribution in [0.1, 0.15) is 51.2 Å². The largest absolute Gasteiger partial charge is 0.469 e. The number of aliphatic imine (C=N–C) groups is 1. The maximum absolute atomic E-state index is 6.26. The molecule has 1 spiro atoms. The zero-order valence-corrected chi connectivity index (χ0v) is 15.3. The van der Waals surface area contributed by atoms with E-state index in [0.717, 1.165) is 44.1 Å². The summed E-state index contributed by atoms with van der Waals surface area (Å²) in [5, 5.41) is 6.63. The van der Waals surface area contributed by atoms with Gasteiger partial charge in [-0.05, 0) is 31.9 Å². The molecule has 2 heterocycles. The van der Waals surface area contributed by atoms with E-state index in [4.69, 9.17) is 13.9 Å². The highest BCUT2D eigenvalue weighted by Crippen LogP contribution is 2.36. The molecule has 6 heteroatoms. The summed E-state index contributed by atoms with van der Waals surface area (Å²) in [5.74, 6) is 1.47. The minimum atomic E-state index is -0.332. The van der Waals surface area contributed by atoms with Crippen LogP contribution in [0.4, 0.5) is 0 Å². The van der Waals surface area contributed by atoms with E-state index in [9.17, 15) is 0 Å². The molecule has 0 bridgehead atoms. The molecule has 25 heavy (non-hydrogen) atoms. The third-order valence-electron chi connectivity index (χ3n) is 4.82. The first-order chi connectivity index (χ1) is 12.3. The Morgan fingerprint density at radius 2 is 2.08 bits per heavy atom. The van der Waals surface area contributed by atoms with Crippen molar-refractivity contribution in [3.8, 4) is 0 Å². The zero-order valence-electron chi connectivity index (χ0n) is 15.3. The lowest BCUT2D eigenvalue weighted by atomic mass is 10.1. The molecule has 1 aliphatic carbocycles. The fourth-order valence-electron chi connectivity index (χ4n) is 3.53. The maximum atomic E-state index is 6.26. The van der Waals surface area contributed by atoms with Crippen molar-refractivity contribution in [2.45, 2.75) is 63.8 Å². The van der Waals surface area contributed by atoms with E-state index in [1.54, 1.807) is 6.26 Å². The second-order valence-electron chi connectivity index (χ2n) is 6.85. The van der Waals surface area contributed by atoms with E-state index in [2.05, 4.69) is 22.5 Å². The third-order valence-corrected chi connectivity index (χ3v) is 4.82. The Bertz CT molecular complexity index is 522. The molecule has 0 radical (unpaired) electrons. The topological polar surface area (TPSA) is 68.0 Å².